The highest BCUT2D eigenvalue weighted by atomic mass is 19.4. The van der Waals surface area contributed by atoms with Crippen LogP contribution in [0, 0.1) is 0 Å². The average Bonchev–Trinajstić information content (AvgIpc) is 2.35. The predicted molar refractivity (Wildman–Crippen MR) is 70.0 cm³/mol. The first-order valence-corrected chi connectivity index (χ1v) is 6.54. The SMILES string of the molecule is C[C@H]1CN(C(=O)c2ccc(C(F)(F)F)[nH]c2=O)C[C@H](C)N1. The summed E-state index contributed by atoms with van der Waals surface area (Å²) in [5.41, 5.74) is -2.45. The minimum absolute atomic E-state index is 0.0613. The molecule has 0 bridgehead atoms. The second kappa shape index (κ2) is 5.51. The van der Waals surface area contributed by atoms with Gasteiger partial charge in [-0.2, -0.15) is 13.2 Å². The van der Waals surface area contributed by atoms with Crippen molar-refractivity contribution in [3.05, 3.63) is 33.7 Å². The number of pyridine rings is 1. The molecule has 1 aromatic rings. The minimum Gasteiger partial charge on any atom is -0.335 e. The van der Waals surface area contributed by atoms with E-state index in [-0.39, 0.29) is 17.6 Å². The number of carbonyl (C=O) groups is 1. The maximum Gasteiger partial charge on any atom is 0.431 e. The third-order valence-corrected chi connectivity index (χ3v) is 3.29. The van der Waals surface area contributed by atoms with Crippen molar-refractivity contribution in [3.8, 4) is 0 Å². The summed E-state index contributed by atoms with van der Waals surface area (Å²) in [7, 11) is 0. The Balaban J connectivity index is 2.26. The molecule has 0 spiro atoms. The Kier molecular flexibility index (Phi) is 4.08. The van der Waals surface area contributed by atoms with Crippen molar-refractivity contribution >= 4 is 5.91 Å². The van der Waals surface area contributed by atoms with Crippen molar-refractivity contribution in [2.45, 2.75) is 32.1 Å². The maximum absolute atomic E-state index is 12.5. The zero-order valence-electron chi connectivity index (χ0n) is 11.6. The number of halogens is 3. The zero-order valence-corrected chi connectivity index (χ0v) is 11.6. The topological polar surface area (TPSA) is 65.2 Å². The predicted octanol–water partition coefficient (Wildman–Crippen LogP) is 1.22. The number of amides is 1. The van der Waals surface area contributed by atoms with E-state index in [2.05, 4.69) is 5.32 Å². The first-order chi connectivity index (χ1) is 9.68. The number of hydrogen-bond acceptors (Lipinski definition) is 3. The van der Waals surface area contributed by atoms with Gasteiger partial charge in [0.1, 0.15) is 11.3 Å². The van der Waals surface area contributed by atoms with Crippen LogP contribution < -0.4 is 10.9 Å². The molecule has 21 heavy (non-hydrogen) atoms. The minimum atomic E-state index is -4.64. The number of nitrogens with zero attached hydrogens (tertiary/aromatic N) is 1. The molecule has 1 aromatic heterocycles. The summed E-state index contributed by atoms with van der Waals surface area (Å²) in [4.78, 5) is 27.2. The first kappa shape index (κ1) is 15.6. The Hall–Kier alpha value is -1.83. The van der Waals surface area contributed by atoms with Crippen LogP contribution in [0.15, 0.2) is 16.9 Å². The molecule has 8 heteroatoms. The second-order valence-corrected chi connectivity index (χ2v) is 5.29. The Labute approximate surface area is 119 Å². The van der Waals surface area contributed by atoms with Crippen LogP contribution in [0.4, 0.5) is 13.2 Å². The van der Waals surface area contributed by atoms with E-state index >= 15 is 0 Å². The van der Waals surface area contributed by atoms with Crippen molar-refractivity contribution < 1.29 is 18.0 Å². The molecule has 1 fully saturated rings. The Morgan fingerprint density at radius 3 is 2.29 bits per heavy atom. The normalized spacial score (nSPS) is 23.2. The summed E-state index contributed by atoms with van der Waals surface area (Å²) < 4.78 is 37.5. The lowest BCUT2D eigenvalue weighted by Crippen LogP contribution is -2.56. The van der Waals surface area contributed by atoms with Gasteiger partial charge in [0.2, 0.25) is 0 Å². The Bertz CT molecular complexity index is 587. The van der Waals surface area contributed by atoms with Crippen molar-refractivity contribution in [1.82, 2.24) is 15.2 Å². The van der Waals surface area contributed by atoms with E-state index in [9.17, 15) is 22.8 Å². The molecule has 0 radical (unpaired) electrons. The van der Waals surface area contributed by atoms with E-state index in [0.717, 1.165) is 6.07 Å². The van der Waals surface area contributed by atoms with Gasteiger partial charge in [0.15, 0.2) is 0 Å². The van der Waals surface area contributed by atoms with Crippen LogP contribution in [0.25, 0.3) is 0 Å². The van der Waals surface area contributed by atoms with Gasteiger partial charge >= 0.3 is 6.18 Å². The summed E-state index contributed by atoms with van der Waals surface area (Å²) in [6, 6.07) is 1.77. The van der Waals surface area contributed by atoms with Crippen molar-refractivity contribution in [2.75, 3.05) is 13.1 Å². The molecule has 0 unspecified atom stereocenters. The van der Waals surface area contributed by atoms with Gasteiger partial charge in [-0.05, 0) is 26.0 Å². The molecule has 0 aromatic carbocycles. The van der Waals surface area contributed by atoms with E-state index in [1.807, 2.05) is 13.8 Å². The third kappa shape index (κ3) is 3.44. The number of carbonyl (C=O) groups excluding carboxylic acids is 1. The molecule has 0 saturated carbocycles. The van der Waals surface area contributed by atoms with Crippen molar-refractivity contribution in [2.24, 2.45) is 0 Å². The number of hydrogen-bond donors (Lipinski definition) is 2. The highest BCUT2D eigenvalue weighted by molar-refractivity contribution is 5.94. The van der Waals surface area contributed by atoms with Gasteiger partial charge in [-0.3, -0.25) is 9.59 Å². The second-order valence-electron chi connectivity index (χ2n) is 5.29. The third-order valence-electron chi connectivity index (χ3n) is 3.29. The van der Waals surface area contributed by atoms with Gasteiger partial charge < -0.3 is 15.2 Å². The maximum atomic E-state index is 12.5. The van der Waals surface area contributed by atoms with Gasteiger partial charge in [-0.15, -0.1) is 0 Å². The van der Waals surface area contributed by atoms with E-state index in [4.69, 9.17) is 0 Å². The fraction of sp³-hybridized carbons (Fsp3) is 0.538. The Morgan fingerprint density at radius 2 is 1.81 bits per heavy atom. The highest BCUT2D eigenvalue weighted by Crippen LogP contribution is 2.26. The van der Waals surface area contributed by atoms with E-state index in [1.54, 1.807) is 4.98 Å². The molecule has 2 N–H and O–H groups in total. The van der Waals surface area contributed by atoms with Crippen LogP contribution >= 0.6 is 0 Å². The molecule has 0 aliphatic carbocycles. The van der Waals surface area contributed by atoms with Crippen LogP contribution in [0.5, 0.6) is 0 Å². The van der Waals surface area contributed by atoms with Crippen LogP contribution in [0.1, 0.15) is 29.9 Å². The molecule has 2 rings (SSSR count). The summed E-state index contributed by atoms with van der Waals surface area (Å²) >= 11 is 0. The molecular weight excluding hydrogens is 287 g/mol. The number of rotatable bonds is 1. The summed E-state index contributed by atoms with van der Waals surface area (Å²) in [6.45, 7) is 4.60. The molecule has 1 aliphatic heterocycles. The lowest BCUT2D eigenvalue weighted by Gasteiger charge is -2.36. The molecular formula is C13H16F3N3O2. The standard InChI is InChI=1S/C13H16F3N3O2/c1-7-5-19(6-8(2)17-7)12(21)9-3-4-10(13(14,15)16)18-11(9)20/h3-4,7-8,17H,5-6H2,1-2H3,(H,18,20)/t7-,8-/m0/s1. The van der Waals surface area contributed by atoms with Crippen LogP contribution in [-0.4, -0.2) is 41.0 Å². The van der Waals surface area contributed by atoms with Gasteiger partial charge in [0, 0.05) is 25.2 Å². The van der Waals surface area contributed by atoms with Gasteiger partial charge in [-0.1, -0.05) is 0 Å². The lowest BCUT2D eigenvalue weighted by molar-refractivity contribution is -0.141. The number of nitrogens with one attached hydrogen (secondary N) is 2. The highest BCUT2D eigenvalue weighted by Gasteiger charge is 2.33. The number of aromatic nitrogens is 1. The van der Waals surface area contributed by atoms with E-state index in [0.29, 0.717) is 19.2 Å². The molecule has 5 nitrogen and oxygen atoms in total. The average molecular weight is 303 g/mol. The Morgan fingerprint density at radius 1 is 1.24 bits per heavy atom. The van der Waals surface area contributed by atoms with Crippen LogP contribution in [0.3, 0.4) is 0 Å². The fourth-order valence-corrected chi connectivity index (χ4v) is 2.47. The number of H-pyrrole nitrogens is 1. The van der Waals surface area contributed by atoms with Gasteiger partial charge in [0.25, 0.3) is 11.5 Å². The molecule has 1 saturated heterocycles. The number of aromatic amines is 1. The number of piperazine rings is 1. The monoisotopic (exact) mass is 303 g/mol. The van der Waals surface area contributed by atoms with Crippen LogP contribution in [0.2, 0.25) is 0 Å². The van der Waals surface area contributed by atoms with Gasteiger partial charge in [-0.25, -0.2) is 0 Å². The summed E-state index contributed by atoms with van der Waals surface area (Å²) in [5, 5.41) is 3.23. The molecule has 2 heterocycles. The molecule has 1 amide bonds. The lowest BCUT2D eigenvalue weighted by atomic mass is 10.1. The van der Waals surface area contributed by atoms with Crippen molar-refractivity contribution in [3.63, 3.8) is 0 Å². The van der Waals surface area contributed by atoms with E-state index in [1.165, 1.54) is 4.90 Å². The molecule has 116 valence electrons. The largest absolute Gasteiger partial charge is 0.431 e. The van der Waals surface area contributed by atoms with Gasteiger partial charge in [0.05, 0.1) is 0 Å². The zero-order chi connectivity index (χ0) is 15.8. The quantitative estimate of drug-likeness (QED) is 0.820. The molecule has 1 aliphatic rings. The number of alkyl halides is 3. The smallest absolute Gasteiger partial charge is 0.335 e. The first-order valence-electron chi connectivity index (χ1n) is 6.54. The van der Waals surface area contributed by atoms with Crippen molar-refractivity contribution in [1.29, 1.82) is 0 Å². The fourth-order valence-electron chi connectivity index (χ4n) is 2.47. The van der Waals surface area contributed by atoms with E-state index < -0.39 is 23.3 Å². The summed E-state index contributed by atoms with van der Waals surface area (Å²) in [6.07, 6.45) is -4.64. The van der Waals surface area contributed by atoms with Crippen LogP contribution in [-0.2, 0) is 6.18 Å². The molecule has 2 atom stereocenters. The summed E-state index contributed by atoms with van der Waals surface area (Å²) in [5.74, 6) is -0.551.